The average Bonchev–Trinajstić information content (AvgIpc) is 2.25. The molecule has 0 saturated heterocycles. The maximum absolute atomic E-state index is 11.7. The van der Waals surface area contributed by atoms with Crippen LogP contribution in [0.4, 0.5) is 0 Å². The van der Waals surface area contributed by atoms with Crippen LogP contribution in [0.15, 0.2) is 24.3 Å². The SMILES string of the molecule is CCCC/C=C/C(=O)C1(O)C=CCCC1. The zero-order chi connectivity index (χ0) is 11.1. The number of aliphatic hydroxyl groups is 1. The van der Waals surface area contributed by atoms with Gasteiger partial charge in [0.05, 0.1) is 0 Å². The second-order valence-electron chi connectivity index (χ2n) is 4.13. The van der Waals surface area contributed by atoms with Gasteiger partial charge in [0.1, 0.15) is 5.60 Å². The number of carbonyl (C=O) groups excluding carboxylic acids is 1. The Morgan fingerprint density at radius 1 is 1.60 bits per heavy atom. The summed E-state index contributed by atoms with van der Waals surface area (Å²) in [6, 6.07) is 0. The smallest absolute Gasteiger partial charge is 0.190 e. The Balaban J connectivity index is 2.48. The highest BCUT2D eigenvalue weighted by Crippen LogP contribution is 2.23. The predicted molar refractivity (Wildman–Crippen MR) is 61.6 cm³/mol. The Kier molecular flexibility index (Phi) is 4.76. The minimum absolute atomic E-state index is 0.172. The molecule has 0 aromatic rings. The molecule has 0 aromatic heterocycles. The molecule has 0 bridgehead atoms. The number of allylic oxidation sites excluding steroid dienone is 2. The monoisotopic (exact) mass is 208 g/mol. The summed E-state index contributed by atoms with van der Waals surface area (Å²) in [4.78, 5) is 11.7. The van der Waals surface area contributed by atoms with Crippen molar-refractivity contribution in [1.29, 1.82) is 0 Å². The Morgan fingerprint density at radius 2 is 2.40 bits per heavy atom. The third kappa shape index (κ3) is 3.63. The van der Waals surface area contributed by atoms with Crippen LogP contribution >= 0.6 is 0 Å². The molecule has 1 rings (SSSR count). The van der Waals surface area contributed by atoms with Gasteiger partial charge in [0.2, 0.25) is 0 Å². The average molecular weight is 208 g/mol. The Morgan fingerprint density at radius 3 is 3.00 bits per heavy atom. The van der Waals surface area contributed by atoms with Gasteiger partial charge < -0.3 is 5.11 Å². The van der Waals surface area contributed by atoms with Gasteiger partial charge >= 0.3 is 0 Å². The second kappa shape index (κ2) is 5.86. The van der Waals surface area contributed by atoms with E-state index in [-0.39, 0.29) is 5.78 Å². The molecule has 2 heteroatoms. The summed E-state index contributed by atoms with van der Waals surface area (Å²) in [5.41, 5.74) is -1.22. The standard InChI is InChI=1S/C13H20O2/c1-2-3-4-6-9-12(14)13(15)10-7-5-8-11-13/h6-7,9-10,15H,2-5,8,11H2,1H3/b9-6+. The lowest BCUT2D eigenvalue weighted by Gasteiger charge is -2.24. The van der Waals surface area contributed by atoms with Gasteiger partial charge in [-0.25, -0.2) is 0 Å². The van der Waals surface area contributed by atoms with Gasteiger partial charge in [-0.05, 0) is 37.8 Å². The molecule has 2 nitrogen and oxygen atoms in total. The summed E-state index contributed by atoms with van der Waals surface area (Å²) in [7, 11) is 0. The van der Waals surface area contributed by atoms with Crippen molar-refractivity contribution in [1.82, 2.24) is 0 Å². The van der Waals surface area contributed by atoms with Gasteiger partial charge in [-0.15, -0.1) is 0 Å². The molecule has 0 aliphatic heterocycles. The van der Waals surface area contributed by atoms with Crippen LogP contribution in [-0.4, -0.2) is 16.5 Å². The van der Waals surface area contributed by atoms with Crippen LogP contribution in [0.1, 0.15) is 45.4 Å². The van der Waals surface area contributed by atoms with E-state index in [0.29, 0.717) is 6.42 Å². The van der Waals surface area contributed by atoms with Crippen LogP contribution in [0.2, 0.25) is 0 Å². The zero-order valence-corrected chi connectivity index (χ0v) is 9.41. The van der Waals surface area contributed by atoms with Crippen molar-refractivity contribution in [3.63, 3.8) is 0 Å². The molecule has 0 spiro atoms. The lowest BCUT2D eigenvalue weighted by Crippen LogP contribution is -2.36. The number of ketones is 1. The van der Waals surface area contributed by atoms with E-state index in [1.165, 1.54) is 6.08 Å². The van der Waals surface area contributed by atoms with Crippen LogP contribution < -0.4 is 0 Å². The fourth-order valence-corrected chi connectivity index (χ4v) is 1.71. The van der Waals surface area contributed by atoms with Gasteiger partial charge in [0.25, 0.3) is 0 Å². The molecule has 0 amide bonds. The first kappa shape index (κ1) is 12.2. The normalized spacial score (nSPS) is 26.0. The number of hydrogen-bond acceptors (Lipinski definition) is 2. The summed E-state index contributed by atoms with van der Waals surface area (Å²) >= 11 is 0. The number of hydrogen-bond donors (Lipinski definition) is 1. The molecular weight excluding hydrogens is 188 g/mol. The molecule has 0 fully saturated rings. The first-order valence-electron chi connectivity index (χ1n) is 5.80. The van der Waals surface area contributed by atoms with Crippen LogP contribution in [0.25, 0.3) is 0 Å². The Bertz CT molecular complexity index is 266. The summed E-state index contributed by atoms with van der Waals surface area (Å²) in [5.74, 6) is -0.172. The summed E-state index contributed by atoms with van der Waals surface area (Å²) in [6.07, 6.45) is 12.5. The van der Waals surface area contributed by atoms with E-state index < -0.39 is 5.60 Å². The third-order valence-electron chi connectivity index (χ3n) is 2.74. The molecule has 0 radical (unpaired) electrons. The summed E-state index contributed by atoms with van der Waals surface area (Å²) < 4.78 is 0. The maximum Gasteiger partial charge on any atom is 0.190 e. The van der Waals surface area contributed by atoms with Crippen molar-refractivity contribution in [2.45, 2.75) is 51.0 Å². The Hall–Kier alpha value is -0.890. The fourth-order valence-electron chi connectivity index (χ4n) is 1.71. The minimum atomic E-state index is -1.22. The highest BCUT2D eigenvalue weighted by atomic mass is 16.3. The van der Waals surface area contributed by atoms with Crippen LogP contribution in [0, 0.1) is 0 Å². The van der Waals surface area contributed by atoms with Gasteiger partial charge in [-0.2, -0.15) is 0 Å². The Labute approximate surface area is 91.7 Å². The lowest BCUT2D eigenvalue weighted by molar-refractivity contribution is -0.128. The van der Waals surface area contributed by atoms with E-state index >= 15 is 0 Å². The van der Waals surface area contributed by atoms with Crippen molar-refractivity contribution in [2.75, 3.05) is 0 Å². The number of rotatable bonds is 5. The van der Waals surface area contributed by atoms with E-state index in [1.54, 1.807) is 6.08 Å². The van der Waals surface area contributed by atoms with Crippen LogP contribution in [0.3, 0.4) is 0 Å². The van der Waals surface area contributed by atoms with E-state index in [9.17, 15) is 9.90 Å². The summed E-state index contributed by atoms with van der Waals surface area (Å²) in [5, 5.41) is 10.0. The highest BCUT2D eigenvalue weighted by molar-refractivity contribution is 5.98. The third-order valence-corrected chi connectivity index (χ3v) is 2.74. The van der Waals surface area contributed by atoms with Gasteiger partial charge in [0, 0.05) is 0 Å². The van der Waals surface area contributed by atoms with Gasteiger partial charge in [-0.1, -0.05) is 31.9 Å². The van der Waals surface area contributed by atoms with Crippen LogP contribution in [-0.2, 0) is 4.79 Å². The van der Waals surface area contributed by atoms with Crippen molar-refractivity contribution in [2.24, 2.45) is 0 Å². The molecule has 15 heavy (non-hydrogen) atoms. The second-order valence-corrected chi connectivity index (χ2v) is 4.13. The van der Waals surface area contributed by atoms with Gasteiger partial charge in [-0.3, -0.25) is 4.79 Å². The molecule has 1 unspecified atom stereocenters. The maximum atomic E-state index is 11.7. The van der Waals surface area contributed by atoms with Crippen molar-refractivity contribution < 1.29 is 9.90 Å². The molecule has 84 valence electrons. The lowest BCUT2D eigenvalue weighted by atomic mass is 9.87. The predicted octanol–water partition coefficient (Wildman–Crippen LogP) is 2.77. The molecule has 1 aliphatic rings. The number of unbranched alkanes of at least 4 members (excludes halogenated alkanes) is 2. The molecule has 0 heterocycles. The van der Waals surface area contributed by atoms with Crippen molar-refractivity contribution >= 4 is 5.78 Å². The molecule has 1 atom stereocenters. The number of carbonyl (C=O) groups is 1. The van der Waals surface area contributed by atoms with E-state index in [2.05, 4.69) is 6.92 Å². The fraction of sp³-hybridized carbons (Fsp3) is 0.615. The molecule has 1 N–H and O–H groups in total. The minimum Gasteiger partial charge on any atom is -0.378 e. The first-order valence-corrected chi connectivity index (χ1v) is 5.80. The van der Waals surface area contributed by atoms with E-state index in [0.717, 1.165) is 32.1 Å². The molecular formula is C13H20O2. The van der Waals surface area contributed by atoms with Crippen molar-refractivity contribution in [3.8, 4) is 0 Å². The zero-order valence-electron chi connectivity index (χ0n) is 9.41. The highest BCUT2D eigenvalue weighted by Gasteiger charge is 2.31. The summed E-state index contributed by atoms with van der Waals surface area (Å²) in [6.45, 7) is 2.12. The van der Waals surface area contributed by atoms with Crippen molar-refractivity contribution in [3.05, 3.63) is 24.3 Å². The first-order chi connectivity index (χ1) is 7.19. The van der Waals surface area contributed by atoms with E-state index in [1.807, 2.05) is 12.2 Å². The largest absolute Gasteiger partial charge is 0.378 e. The molecule has 1 aliphatic carbocycles. The molecule has 0 aromatic carbocycles. The van der Waals surface area contributed by atoms with Crippen LogP contribution in [0.5, 0.6) is 0 Å². The van der Waals surface area contributed by atoms with Gasteiger partial charge in [0.15, 0.2) is 5.78 Å². The quantitative estimate of drug-likeness (QED) is 0.428. The topological polar surface area (TPSA) is 37.3 Å². The van der Waals surface area contributed by atoms with E-state index in [4.69, 9.17) is 0 Å². The molecule has 0 saturated carbocycles.